The van der Waals surface area contributed by atoms with Gasteiger partial charge in [0.05, 0.1) is 0 Å². The van der Waals surface area contributed by atoms with Crippen molar-refractivity contribution in [2.45, 2.75) is 39.8 Å². The molecule has 0 saturated carbocycles. The van der Waals surface area contributed by atoms with Crippen LogP contribution in [0.2, 0.25) is 0 Å². The van der Waals surface area contributed by atoms with Crippen molar-refractivity contribution in [3.63, 3.8) is 0 Å². The molecule has 0 amide bonds. The molecule has 0 atom stereocenters. The highest BCUT2D eigenvalue weighted by atomic mass is 79.9. The van der Waals surface area contributed by atoms with E-state index < -0.39 is 0 Å². The molecule has 1 N–H and O–H groups in total. The van der Waals surface area contributed by atoms with Gasteiger partial charge in [0.25, 0.3) is 0 Å². The maximum atomic E-state index is 6.10. The van der Waals surface area contributed by atoms with Gasteiger partial charge in [-0.1, -0.05) is 34.1 Å². The van der Waals surface area contributed by atoms with Gasteiger partial charge in [-0.15, -0.1) is 0 Å². The van der Waals surface area contributed by atoms with E-state index in [1.54, 1.807) is 0 Å². The summed E-state index contributed by atoms with van der Waals surface area (Å²) in [5.74, 6) is 1.79. The van der Waals surface area contributed by atoms with Crippen LogP contribution in [0.1, 0.15) is 31.9 Å². The smallest absolute Gasteiger partial charge is 0.131 e. The molecular formula is C18H22BrNO. The van der Waals surface area contributed by atoms with Gasteiger partial charge in [0.1, 0.15) is 11.5 Å². The summed E-state index contributed by atoms with van der Waals surface area (Å²) in [5, 5.41) is 3.50. The van der Waals surface area contributed by atoms with Crippen LogP contribution in [0.5, 0.6) is 11.5 Å². The predicted molar refractivity (Wildman–Crippen MR) is 92.0 cm³/mol. The maximum absolute atomic E-state index is 6.10. The van der Waals surface area contributed by atoms with Crippen molar-refractivity contribution >= 4 is 15.9 Å². The van der Waals surface area contributed by atoms with Crippen molar-refractivity contribution in [2.24, 2.45) is 0 Å². The number of benzene rings is 2. The Balaban J connectivity index is 2.20. The van der Waals surface area contributed by atoms with E-state index in [9.17, 15) is 0 Å². The van der Waals surface area contributed by atoms with Crippen molar-refractivity contribution in [1.82, 2.24) is 5.32 Å². The summed E-state index contributed by atoms with van der Waals surface area (Å²) >= 11 is 3.48. The molecular weight excluding hydrogens is 326 g/mol. The molecule has 0 aliphatic rings. The fourth-order valence-electron chi connectivity index (χ4n) is 1.96. The first-order valence-electron chi connectivity index (χ1n) is 7.12. The van der Waals surface area contributed by atoms with Crippen molar-refractivity contribution in [1.29, 1.82) is 0 Å². The fraction of sp³-hybridized carbons (Fsp3) is 0.333. The lowest BCUT2D eigenvalue weighted by Crippen LogP contribution is -2.35. The minimum Gasteiger partial charge on any atom is -0.457 e. The van der Waals surface area contributed by atoms with E-state index in [0.717, 1.165) is 33.6 Å². The van der Waals surface area contributed by atoms with Crippen LogP contribution >= 0.6 is 15.9 Å². The number of rotatable bonds is 4. The average Bonchev–Trinajstić information content (AvgIpc) is 2.40. The topological polar surface area (TPSA) is 21.3 Å². The Morgan fingerprint density at radius 1 is 1.05 bits per heavy atom. The first kappa shape index (κ1) is 16.1. The summed E-state index contributed by atoms with van der Waals surface area (Å²) in [4.78, 5) is 0. The zero-order valence-corrected chi connectivity index (χ0v) is 14.6. The Morgan fingerprint density at radius 3 is 2.43 bits per heavy atom. The summed E-state index contributed by atoms with van der Waals surface area (Å²) in [5.41, 5.74) is 2.36. The molecule has 0 unspecified atom stereocenters. The van der Waals surface area contributed by atoms with E-state index in [1.807, 2.05) is 30.3 Å². The molecule has 0 heterocycles. The monoisotopic (exact) mass is 347 g/mol. The van der Waals surface area contributed by atoms with Crippen LogP contribution < -0.4 is 10.1 Å². The Labute approximate surface area is 135 Å². The van der Waals surface area contributed by atoms with Crippen LogP contribution in [0.15, 0.2) is 46.9 Å². The number of aryl methyl sites for hydroxylation is 1. The average molecular weight is 348 g/mol. The molecule has 0 saturated heterocycles. The van der Waals surface area contributed by atoms with Gasteiger partial charge in [0.15, 0.2) is 0 Å². The Morgan fingerprint density at radius 2 is 1.76 bits per heavy atom. The van der Waals surface area contributed by atoms with Gasteiger partial charge in [0, 0.05) is 22.1 Å². The Hall–Kier alpha value is -1.32. The molecule has 2 aromatic rings. The minimum absolute atomic E-state index is 0.0840. The minimum atomic E-state index is 0.0840. The molecule has 0 bridgehead atoms. The molecule has 2 aromatic carbocycles. The lowest BCUT2D eigenvalue weighted by molar-refractivity contribution is 0.414. The van der Waals surface area contributed by atoms with Gasteiger partial charge in [-0.25, -0.2) is 0 Å². The third kappa shape index (κ3) is 4.87. The van der Waals surface area contributed by atoms with E-state index in [-0.39, 0.29) is 5.54 Å². The van der Waals surface area contributed by atoms with E-state index in [4.69, 9.17) is 4.74 Å². The van der Waals surface area contributed by atoms with Gasteiger partial charge >= 0.3 is 0 Å². The highest BCUT2D eigenvalue weighted by Gasteiger charge is 2.11. The van der Waals surface area contributed by atoms with Crippen LogP contribution in [0.3, 0.4) is 0 Å². The number of halogens is 1. The van der Waals surface area contributed by atoms with Crippen molar-refractivity contribution in [3.8, 4) is 11.5 Å². The van der Waals surface area contributed by atoms with Crippen molar-refractivity contribution in [2.75, 3.05) is 0 Å². The molecule has 0 aliphatic heterocycles. The largest absolute Gasteiger partial charge is 0.457 e. The number of para-hydroxylation sites is 1. The summed E-state index contributed by atoms with van der Waals surface area (Å²) in [6, 6.07) is 14.2. The highest BCUT2D eigenvalue weighted by molar-refractivity contribution is 9.10. The van der Waals surface area contributed by atoms with E-state index >= 15 is 0 Å². The molecule has 3 heteroatoms. The van der Waals surface area contributed by atoms with E-state index in [2.05, 4.69) is 61.1 Å². The second-order valence-corrected chi connectivity index (χ2v) is 7.14. The molecule has 21 heavy (non-hydrogen) atoms. The first-order valence-corrected chi connectivity index (χ1v) is 7.91. The summed E-state index contributed by atoms with van der Waals surface area (Å²) < 4.78 is 7.16. The second-order valence-electron chi connectivity index (χ2n) is 6.22. The number of ether oxygens (including phenoxy) is 1. The lowest BCUT2D eigenvalue weighted by atomic mass is 10.1. The van der Waals surface area contributed by atoms with Gasteiger partial charge < -0.3 is 10.1 Å². The first-order chi connectivity index (χ1) is 9.85. The van der Waals surface area contributed by atoms with Crippen molar-refractivity contribution < 1.29 is 4.74 Å². The van der Waals surface area contributed by atoms with Crippen LogP contribution in [0, 0.1) is 6.92 Å². The molecule has 0 aliphatic carbocycles. The van der Waals surface area contributed by atoms with Crippen molar-refractivity contribution in [3.05, 3.63) is 58.1 Å². The van der Waals surface area contributed by atoms with Crippen LogP contribution in [-0.2, 0) is 6.54 Å². The molecule has 0 fully saturated rings. The van der Waals surface area contributed by atoms with Gasteiger partial charge in [-0.2, -0.15) is 0 Å². The van der Waals surface area contributed by atoms with Crippen LogP contribution in [0.25, 0.3) is 0 Å². The van der Waals surface area contributed by atoms with Gasteiger partial charge in [-0.05, 0) is 57.5 Å². The molecule has 0 radical (unpaired) electrons. The molecule has 2 nitrogen and oxygen atoms in total. The van der Waals surface area contributed by atoms with Gasteiger partial charge in [-0.3, -0.25) is 0 Å². The molecule has 0 aromatic heterocycles. The number of nitrogens with one attached hydrogen (secondary N) is 1. The molecule has 0 spiro atoms. The zero-order valence-electron chi connectivity index (χ0n) is 13.0. The third-order valence-electron chi connectivity index (χ3n) is 3.14. The number of hydrogen-bond acceptors (Lipinski definition) is 2. The van der Waals surface area contributed by atoms with Gasteiger partial charge in [0.2, 0.25) is 0 Å². The SMILES string of the molecule is Cc1cc(Br)ccc1Oc1ccccc1CNC(C)(C)C. The standard InChI is InChI=1S/C18H22BrNO/c1-13-11-15(19)9-10-16(13)21-17-8-6-5-7-14(17)12-20-18(2,3)4/h5-11,20H,12H2,1-4H3. The Bertz CT molecular complexity index is 617. The van der Waals surface area contributed by atoms with Crippen LogP contribution in [0.4, 0.5) is 0 Å². The predicted octanol–water partition coefficient (Wildman–Crippen LogP) is 5.44. The van der Waals surface area contributed by atoms with E-state index in [1.165, 1.54) is 0 Å². The second kappa shape index (κ2) is 6.63. The van der Waals surface area contributed by atoms with Crippen LogP contribution in [-0.4, -0.2) is 5.54 Å². The Kier molecular flexibility index (Phi) is 5.07. The third-order valence-corrected chi connectivity index (χ3v) is 3.63. The molecule has 2 rings (SSSR count). The summed E-state index contributed by atoms with van der Waals surface area (Å²) in [6.45, 7) is 9.32. The lowest BCUT2D eigenvalue weighted by Gasteiger charge is -2.21. The highest BCUT2D eigenvalue weighted by Crippen LogP contribution is 2.29. The number of hydrogen-bond donors (Lipinski definition) is 1. The fourth-order valence-corrected chi connectivity index (χ4v) is 2.43. The van der Waals surface area contributed by atoms with E-state index in [0.29, 0.717) is 0 Å². The summed E-state index contributed by atoms with van der Waals surface area (Å²) in [6.07, 6.45) is 0. The summed E-state index contributed by atoms with van der Waals surface area (Å²) in [7, 11) is 0. The normalized spacial score (nSPS) is 11.5. The zero-order chi connectivity index (χ0) is 15.5. The molecule has 112 valence electrons. The maximum Gasteiger partial charge on any atom is 0.131 e. The quantitative estimate of drug-likeness (QED) is 0.795.